The van der Waals surface area contributed by atoms with Crippen molar-refractivity contribution in [2.24, 2.45) is 0 Å². The lowest BCUT2D eigenvalue weighted by molar-refractivity contribution is -0.141. The van der Waals surface area contributed by atoms with E-state index in [1.54, 1.807) is 39.3 Å². The molecule has 13 heteroatoms. The Kier molecular flexibility index (Phi) is 9.74. The zero-order chi connectivity index (χ0) is 32.1. The number of nitrogens with zero attached hydrogens (tertiary/aromatic N) is 4. The minimum absolute atomic E-state index is 0.111. The summed E-state index contributed by atoms with van der Waals surface area (Å²) >= 11 is 6.09. The van der Waals surface area contributed by atoms with Gasteiger partial charge in [0.1, 0.15) is 23.0 Å². The molecular formula is C32H37ClFN7O4. The van der Waals surface area contributed by atoms with Crippen LogP contribution < -0.4 is 25.6 Å². The fourth-order valence-electron chi connectivity index (χ4n) is 5.64. The summed E-state index contributed by atoms with van der Waals surface area (Å²) in [6.07, 6.45) is 6.13. The Morgan fingerprint density at radius 2 is 1.96 bits per heavy atom. The number of ether oxygens (including phenoxy) is 2. The normalized spacial score (nSPS) is 16.5. The minimum Gasteiger partial charge on any atom is -0.494 e. The van der Waals surface area contributed by atoms with Gasteiger partial charge in [0, 0.05) is 42.6 Å². The molecular weight excluding hydrogens is 601 g/mol. The summed E-state index contributed by atoms with van der Waals surface area (Å²) in [4.78, 5) is 37.3. The summed E-state index contributed by atoms with van der Waals surface area (Å²) < 4.78 is 25.4. The first-order valence-corrected chi connectivity index (χ1v) is 15.1. The van der Waals surface area contributed by atoms with Gasteiger partial charge in [0.2, 0.25) is 11.9 Å². The molecule has 2 aromatic carbocycles. The van der Waals surface area contributed by atoms with Gasteiger partial charge in [-0.3, -0.25) is 9.59 Å². The molecule has 0 aliphatic carbocycles. The van der Waals surface area contributed by atoms with E-state index in [1.807, 2.05) is 6.07 Å². The topological polar surface area (TPSA) is 121 Å². The third kappa shape index (κ3) is 7.29. The van der Waals surface area contributed by atoms with Crippen molar-refractivity contribution in [3.63, 3.8) is 0 Å². The average molecular weight is 638 g/mol. The Balaban J connectivity index is 1.45. The van der Waals surface area contributed by atoms with Crippen LogP contribution in [0.5, 0.6) is 5.75 Å². The van der Waals surface area contributed by atoms with Crippen LogP contribution in [0, 0.1) is 5.82 Å². The summed E-state index contributed by atoms with van der Waals surface area (Å²) in [7, 11) is 1.58. The number of rotatable bonds is 13. The van der Waals surface area contributed by atoms with E-state index in [2.05, 4.69) is 42.3 Å². The number of carbonyl (C=O) groups is 2. The summed E-state index contributed by atoms with van der Waals surface area (Å²) in [6.45, 7) is 11.3. The number of benzene rings is 2. The van der Waals surface area contributed by atoms with Gasteiger partial charge in [0.25, 0.3) is 6.47 Å². The van der Waals surface area contributed by atoms with Gasteiger partial charge < -0.3 is 35.2 Å². The van der Waals surface area contributed by atoms with Crippen LogP contribution in [-0.4, -0.2) is 66.6 Å². The van der Waals surface area contributed by atoms with E-state index in [-0.39, 0.29) is 16.9 Å². The second-order valence-electron chi connectivity index (χ2n) is 11.5. The smallest absolute Gasteiger partial charge is 0.293 e. The van der Waals surface area contributed by atoms with Crippen LogP contribution in [0.15, 0.2) is 49.2 Å². The zero-order valence-electron chi connectivity index (χ0n) is 25.5. The number of amides is 1. The summed E-state index contributed by atoms with van der Waals surface area (Å²) in [6, 6.07) is 8.29. The molecule has 3 heterocycles. The number of anilines is 6. The van der Waals surface area contributed by atoms with Gasteiger partial charge in [-0.1, -0.05) is 18.2 Å². The number of likely N-dealkylation sites (tertiary alicyclic amines) is 1. The fourth-order valence-corrected chi connectivity index (χ4v) is 5.80. The van der Waals surface area contributed by atoms with Crippen molar-refractivity contribution in [3.8, 4) is 5.75 Å². The average Bonchev–Trinajstić information content (AvgIpc) is 3.45. The lowest BCUT2D eigenvalue weighted by Crippen LogP contribution is -2.46. The molecule has 2 fully saturated rings. The standard InChI is InChI=1S/C32H37ClFN7O4/c1-5-30(43)37-25-16-26(28(44-4)17-27(25)41-13-6-8-20(41)18-40-11-7-12-40)38-31-35-10-9-29(39-31)36-24-15-22(33)23(34)14-21(24)32(2,3)45-19-42/h5,9-10,14-17,19-20H,1,6-8,11-13,18H2,2-4H3,(H,37,43)(H2,35,36,38,39)/t20-/m1/s1. The molecule has 45 heavy (non-hydrogen) atoms. The molecule has 2 aliphatic rings. The molecule has 0 saturated carbocycles. The molecule has 0 spiro atoms. The Morgan fingerprint density at radius 1 is 1.16 bits per heavy atom. The van der Waals surface area contributed by atoms with Gasteiger partial charge in [0.05, 0.1) is 29.2 Å². The van der Waals surface area contributed by atoms with E-state index in [0.29, 0.717) is 46.7 Å². The van der Waals surface area contributed by atoms with Crippen molar-refractivity contribution in [2.75, 3.05) is 54.1 Å². The highest BCUT2D eigenvalue weighted by Crippen LogP contribution is 2.41. The molecule has 5 rings (SSSR count). The van der Waals surface area contributed by atoms with E-state index in [4.69, 9.17) is 21.1 Å². The van der Waals surface area contributed by atoms with Gasteiger partial charge in [0.15, 0.2) is 0 Å². The summed E-state index contributed by atoms with van der Waals surface area (Å²) in [5, 5.41) is 9.18. The first kappa shape index (κ1) is 32.0. The van der Waals surface area contributed by atoms with Crippen LogP contribution in [-0.2, 0) is 19.9 Å². The van der Waals surface area contributed by atoms with E-state index in [1.165, 1.54) is 24.6 Å². The molecule has 0 unspecified atom stereocenters. The van der Waals surface area contributed by atoms with Crippen LogP contribution in [0.2, 0.25) is 5.02 Å². The maximum atomic E-state index is 14.4. The van der Waals surface area contributed by atoms with Gasteiger partial charge in [-0.05, 0) is 76.5 Å². The Morgan fingerprint density at radius 3 is 2.64 bits per heavy atom. The molecule has 3 aromatic rings. The maximum Gasteiger partial charge on any atom is 0.293 e. The van der Waals surface area contributed by atoms with Gasteiger partial charge in [-0.25, -0.2) is 9.37 Å². The molecule has 11 nitrogen and oxygen atoms in total. The maximum absolute atomic E-state index is 14.4. The number of hydrogen-bond acceptors (Lipinski definition) is 10. The van der Waals surface area contributed by atoms with Gasteiger partial charge >= 0.3 is 0 Å². The van der Waals surface area contributed by atoms with Crippen molar-refractivity contribution >= 4 is 58.5 Å². The number of aromatic nitrogens is 2. The second-order valence-corrected chi connectivity index (χ2v) is 11.9. The number of nitrogens with one attached hydrogen (secondary N) is 3. The van der Waals surface area contributed by atoms with Crippen molar-refractivity contribution in [1.29, 1.82) is 0 Å². The highest BCUT2D eigenvalue weighted by molar-refractivity contribution is 6.31. The van der Waals surface area contributed by atoms with Crippen molar-refractivity contribution in [3.05, 3.63) is 65.6 Å². The van der Waals surface area contributed by atoms with Crippen LogP contribution in [0.4, 0.5) is 38.9 Å². The molecule has 1 amide bonds. The molecule has 0 bridgehead atoms. The summed E-state index contributed by atoms with van der Waals surface area (Å²) in [5.41, 5.74) is 1.60. The molecule has 3 N–H and O–H groups in total. The first-order chi connectivity index (χ1) is 21.6. The number of halogens is 2. The highest BCUT2D eigenvalue weighted by Gasteiger charge is 2.31. The van der Waals surface area contributed by atoms with E-state index in [9.17, 15) is 14.0 Å². The lowest BCUT2D eigenvalue weighted by Gasteiger charge is -2.37. The molecule has 2 saturated heterocycles. The van der Waals surface area contributed by atoms with Crippen LogP contribution in [0.3, 0.4) is 0 Å². The quantitative estimate of drug-likeness (QED) is 0.153. The van der Waals surface area contributed by atoms with Crippen LogP contribution in [0.1, 0.15) is 38.7 Å². The fraction of sp³-hybridized carbons (Fsp3) is 0.375. The molecule has 1 atom stereocenters. The van der Waals surface area contributed by atoms with Crippen LogP contribution >= 0.6 is 11.6 Å². The van der Waals surface area contributed by atoms with Crippen LogP contribution in [0.25, 0.3) is 0 Å². The van der Waals surface area contributed by atoms with Gasteiger partial charge in [-0.2, -0.15) is 4.98 Å². The molecule has 0 radical (unpaired) electrons. The van der Waals surface area contributed by atoms with Crippen molar-refractivity contribution < 1.29 is 23.5 Å². The highest BCUT2D eigenvalue weighted by atomic mass is 35.5. The first-order valence-electron chi connectivity index (χ1n) is 14.7. The number of methoxy groups -OCH3 is 1. The lowest BCUT2D eigenvalue weighted by atomic mass is 9.95. The monoisotopic (exact) mass is 637 g/mol. The Hall–Kier alpha value is -4.42. The Bertz CT molecular complexity index is 1580. The predicted octanol–water partition coefficient (Wildman–Crippen LogP) is 5.97. The summed E-state index contributed by atoms with van der Waals surface area (Å²) in [5.74, 6) is 0.143. The SMILES string of the molecule is C=CC(=O)Nc1cc(Nc2nccc(Nc3cc(Cl)c(F)cc3C(C)(C)OC=O)n2)c(OC)cc1N1CCC[C@@H]1CN1CCC1. The van der Waals surface area contributed by atoms with Crippen molar-refractivity contribution in [2.45, 2.75) is 44.8 Å². The molecule has 1 aromatic heterocycles. The Labute approximate surface area is 266 Å². The van der Waals surface area contributed by atoms with E-state index < -0.39 is 11.4 Å². The minimum atomic E-state index is -1.16. The van der Waals surface area contributed by atoms with Crippen molar-refractivity contribution in [1.82, 2.24) is 14.9 Å². The largest absolute Gasteiger partial charge is 0.494 e. The van der Waals surface area contributed by atoms with E-state index in [0.717, 1.165) is 44.7 Å². The predicted molar refractivity (Wildman–Crippen MR) is 173 cm³/mol. The number of hydrogen-bond donors (Lipinski definition) is 3. The zero-order valence-corrected chi connectivity index (χ0v) is 26.3. The van der Waals surface area contributed by atoms with E-state index >= 15 is 0 Å². The molecule has 238 valence electrons. The third-order valence-electron chi connectivity index (χ3n) is 8.08. The third-order valence-corrected chi connectivity index (χ3v) is 8.37. The molecule has 2 aliphatic heterocycles. The second kappa shape index (κ2) is 13.7. The number of carbonyl (C=O) groups excluding carboxylic acids is 2. The van der Waals surface area contributed by atoms with Gasteiger partial charge in [-0.15, -0.1) is 0 Å².